The molecule has 1 aromatic rings. The SMILES string of the molecule is O=C(O)c1cc(O)c(O)c(O)c1O.[H-].[H-].[Mg+2]. The summed E-state index contributed by atoms with van der Waals surface area (Å²) in [6, 6.07) is 0.632. The van der Waals surface area contributed by atoms with Gasteiger partial charge >= 0.3 is 29.0 Å². The van der Waals surface area contributed by atoms with Crippen LogP contribution in [0.2, 0.25) is 0 Å². The van der Waals surface area contributed by atoms with Crippen molar-refractivity contribution in [3.63, 3.8) is 0 Å². The number of carbonyl (C=O) groups is 1. The Balaban J connectivity index is -0.000000563. The van der Waals surface area contributed by atoms with Gasteiger partial charge in [0.2, 0.25) is 11.5 Å². The Morgan fingerprint density at radius 1 is 1.07 bits per heavy atom. The van der Waals surface area contributed by atoms with E-state index in [0.29, 0.717) is 6.07 Å². The van der Waals surface area contributed by atoms with Gasteiger partial charge in [-0.1, -0.05) is 0 Å². The fourth-order valence-corrected chi connectivity index (χ4v) is 0.797. The number of hydrogen-bond acceptors (Lipinski definition) is 5. The monoisotopic (exact) mass is 212 g/mol. The zero-order valence-electron chi connectivity index (χ0n) is 8.93. The van der Waals surface area contributed by atoms with Crippen molar-refractivity contribution in [1.82, 2.24) is 0 Å². The van der Waals surface area contributed by atoms with Gasteiger partial charge in [-0.15, -0.1) is 0 Å². The minimum absolute atomic E-state index is 0. The Bertz CT molecular complexity index is 384. The van der Waals surface area contributed by atoms with Crippen molar-refractivity contribution in [3.05, 3.63) is 11.6 Å². The van der Waals surface area contributed by atoms with Crippen molar-refractivity contribution in [3.8, 4) is 23.0 Å². The van der Waals surface area contributed by atoms with Crippen molar-refractivity contribution < 1.29 is 33.2 Å². The molecule has 0 unspecified atom stereocenters. The van der Waals surface area contributed by atoms with Gasteiger partial charge in [0.05, 0.1) is 0 Å². The van der Waals surface area contributed by atoms with E-state index in [9.17, 15) is 4.79 Å². The van der Waals surface area contributed by atoms with E-state index in [4.69, 9.17) is 25.5 Å². The predicted octanol–water partition coefficient (Wildman–Crippen LogP) is 0.0514. The van der Waals surface area contributed by atoms with Crippen LogP contribution < -0.4 is 0 Å². The molecule has 7 heteroatoms. The van der Waals surface area contributed by atoms with E-state index in [1.807, 2.05) is 0 Å². The molecule has 0 aliphatic rings. The number of rotatable bonds is 1. The molecule has 74 valence electrons. The van der Waals surface area contributed by atoms with Gasteiger partial charge in [-0.3, -0.25) is 0 Å². The topological polar surface area (TPSA) is 118 Å². The molecule has 0 saturated heterocycles. The molecule has 0 saturated carbocycles. The minimum Gasteiger partial charge on any atom is -1.00 e. The standard InChI is InChI=1S/C7H6O6.Mg.2H/c8-3-1-2(7(12)13)4(9)6(11)5(3)10;;;/h1,8-11H,(H,12,13);;;/q;+2;2*-1. The Kier molecular flexibility index (Phi) is 3.84. The van der Waals surface area contributed by atoms with E-state index in [1.54, 1.807) is 0 Å². The van der Waals surface area contributed by atoms with Gasteiger partial charge in [-0.25, -0.2) is 4.79 Å². The molecular formula is C7H8MgO6. The van der Waals surface area contributed by atoms with Crippen LogP contribution in [0.1, 0.15) is 13.2 Å². The van der Waals surface area contributed by atoms with Crippen molar-refractivity contribution in [1.29, 1.82) is 0 Å². The average molecular weight is 212 g/mol. The van der Waals surface area contributed by atoms with Crippen LogP contribution in [0.15, 0.2) is 6.07 Å². The number of aromatic hydroxyl groups is 4. The molecule has 0 fully saturated rings. The van der Waals surface area contributed by atoms with Crippen LogP contribution in [0, 0.1) is 0 Å². The Hall–Kier alpha value is -1.34. The first-order valence-corrected chi connectivity index (χ1v) is 3.15. The predicted molar refractivity (Wildman–Crippen MR) is 48.0 cm³/mol. The number of carboxylic acids is 1. The fraction of sp³-hybridized carbons (Fsp3) is 0. The van der Waals surface area contributed by atoms with E-state index in [1.165, 1.54) is 0 Å². The van der Waals surface area contributed by atoms with Gasteiger partial charge < -0.3 is 28.4 Å². The van der Waals surface area contributed by atoms with Gasteiger partial charge in [0.1, 0.15) is 5.56 Å². The Morgan fingerprint density at radius 2 is 1.57 bits per heavy atom. The summed E-state index contributed by atoms with van der Waals surface area (Å²) in [7, 11) is 0. The fourth-order valence-electron chi connectivity index (χ4n) is 0.797. The summed E-state index contributed by atoms with van der Waals surface area (Å²) in [4.78, 5) is 10.4. The summed E-state index contributed by atoms with van der Waals surface area (Å²) in [5, 5.41) is 44.0. The molecule has 1 rings (SSSR count). The van der Waals surface area contributed by atoms with Crippen LogP contribution in [0.4, 0.5) is 0 Å². The van der Waals surface area contributed by atoms with Crippen LogP contribution in [0.3, 0.4) is 0 Å². The first-order valence-electron chi connectivity index (χ1n) is 3.15. The second-order valence-corrected chi connectivity index (χ2v) is 2.29. The zero-order valence-corrected chi connectivity index (χ0v) is 8.34. The van der Waals surface area contributed by atoms with E-state index in [2.05, 4.69) is 0 Å². The van der Waals surface area contributed by atoms with Gasteiger partial charge in [-0.05, 0) is 0 Å². The largest absolute Gasteiger partial charge is 2.00 e. The second-order valence-electron chi connectivity index (χ2n) is 2.29. The van der Waals surface area contributed by atoms with Crippen molar-refractivity contribution in [2.45, 2.75) is 0 Å². The molecule has 0 bridgehead atoms. The Labute approximate surface area is 97.2 Å². The number of aromatic carboxylic acids is 1. The molecule has 0 heterocycles. The molecule has 0 amide bonds. The van der Waals surface area contributed by atoms with Crippen LogP contribution in [-0.2, 0) is 0 Å². The summed E-state index contributed by atoms with van der Waals surface area (Å²) in [5.41, 5.74) is -0.687. The van der Waals surface area contributed by atoms with Gasteiger partial charge in [0, 0.05) is 6.07 Å². The summed E-state index contributed by atoms with van der Waals surface area (Å²) in [5.74, 6) is -5.33. The maximum Gasteiger partial charge on any atom is 2.00 e. The van der Waals surface area contributed by atoms with Gasteiger partial charge in [0.15, 0.2) is 11.5 Å². The van der Waals surface area contributed by atoms with Crippen molar-refractivity contribution >= 4 is 29.0 Å². The normalized spacial score (nSPS) is 9.14. The molecule has 0 aliphatic heterocycles. The quantitative estimate of drug-likeness (QED) is 0.255. The molecule has 0 spiro atoms. The number of phenols is 4. The molecule has 6 nitrogen and oxygen atoms in total. The number of hydrogen-bond donors (Lipinski definition) is 5. The second kappa shape index (κ2) is 4.25. The minimum atomic E-state index is -1.52. The maximum absolute atomic E-state index is 10.4. The molecule has 0 radical (unpaired) electrons. The smallest absolute Gasteiger partial charge is 1.00 e. The van der Waals surface area contributed by atoms with E-state index < -0.39 is 34.5 Å². The summed E-state index contributed by atoms with van der Waals surface area (Å²) < 4.78 is 0. The number of benzene rings is 1. The molecule has 0 aliphatic carbocycles. The van der Waals surface area contributed by atoms with Crippen LogP contribution in [0.25, 0.3) is 0 Å². The summed E-state index contributed by atoms with van der Waals surface area (Å²) in [6.07, 6.45) is 0. The first kappa shape index (κ1) is 12.7. The van der Waals surface area contributed by atoms with Gasteiger partial charge in [-0.2, -0.15) is 0 Å². The van der Waals surface area contributed by atoms with Crippen molar-refractivity contribution in [2.24, 2.45) is 0 Å². The van der Waals surface area contributed by atoms with Crippen LogP contribution in [0.5, 0.6) is 23.0 Å². The number of carboxylic acid groups (broad SMARTS) is 1. The van der Waals surface area contributed by atoms with E-state index in [-0.39, 0.29) is 25.9 Å². The molecule has 0 aromatic heterocycles. The first-order chi connectivity index (χ1) is 5.95. The third kappa shape index (κ3) is 1.94. The van der Waals surface area contributed by atoms with E-state index >= 15 is 0 Å². The van der Waals surface area contributed by atoms with Crippen LogP contribution in [-0.4, -0.2) is 54.6 Å². The zero-order chi connectivity index (χ0) is 10.2. The molecule has 5 N–H and O–H groups in total. The third-order valence-corrected chi connectivity index (χ3v) is 1.46. The summed E-state index contributed by atoms with van der Waals surface area (Å²) >= 11 is 0. The van der Waals surface area contributed by atoms with Crippen LogP contribution >= 0.6 is 0 Å². The number of phenolic OH excluding ortho intramolecular Hbond substituents is 3. The van der Waals surface area contributed by atoms with E-state index in [0.717, 1.165) is 0 Å². The summed E-state index contributed by atoms with van der Waals surface area (Å²) in [6.45, 7) is 0. The van der Waals surface area contributed by atoms with Crippen molar-refractivity contribution in [2.75, 3.05) is 0 Å². The molecular weight excluding hydrogens is 204 g/mol. The maximum atomic E-state index is 10.4. The Morgan fingerprint density at radius 3 is 2.00 bits per heavy atom. The molecule has 1 aromatic carbocycles. The average Bonchev–Trinajstić information content (AvgIpc) is 2.07. The molecule has 0 atom stereocenters. The van der Waals surface area contributed by atoms with Gasteiger partial charge in [0.25, 0.3) is 0 Å². The third-order valence-electron chi connectivity index (χ3n) is 1.46. The molecule has 14 heavy (non-hydrogen) atoms.